The summed E-state index contributed by atoms with van der Waals surface area (Å²) in [5.74, 6) is 1.12. The number of ether oxygens (including phenoxy) is 3. The van der Waals surface area contributed by atoms with Crippen LogP contribution in [-0.4, -0.2) is 91.1 Å². The van der Waals surface area contributed by atoms with Gasteiger partial charge in [0.05, 0.1) is 17.6 Å². The smallest absolute Gasteiger partial charge is 0.410 e. The Morgan fingerprint density at radius 3 is 2.00 bits per heavy atom. The van der Waals surface area contributed by atoms with Gasteiger partial charge in [0, 0.05) is 75.8 Å². The van der Waals surface area contributed by atoms with Gasteiger partial charge in [-0.3, -0.25) is 4.98 Å². The lowest BCUT2D eigenvalue weighted by Crippen LogP contribution is -2.48. The average Bonchev–Trinajstić information content (AvgIpc) is 3.63. The van der Waals surface area contributed by atoms with Gasteiger partial charge >= 0.3 is 6.09 Å². The number of carbonyl (C=O) groups excluding carboxylic acids is 1. The van der Waals surface area contributed by atoms with Crippen molar-refractivity contribution in [3.8, 4) is 22.4 Å². The van der Waals surface area contributed by atoms with Gasteiger partial charge in [-0.25, -0.2) is 9.78 Å². The number of nitrogens with zero attached hydrogens (tertiary/aromatic N) is 6. The summed E-state index contributed by atoms with van der Waals surface area (Å²) >= 11 is 0. The third-order valence-electron chi connectivity index (χ3n) is 10.5. The van der Waals surface area contributed by atoms with E-state index in [-0.39, 0.29) is 24.1 Å². The molecule has 3 atom stereocenters. The molecule has 1 aromatic carbocycles. The highest BCUT2D eigenvalue weighted by Gasteiger charge is 2.46. The van der Waals surface area contributed by atoms with Crippen LogP contribution in [0.15, 0.2) is 54.9 Å². The van der Waals surface area contributed by atoms with Crippen LogP contribution >= 0.6 is 0 Å². The lowest BCUT2D eigenvalue weighted by molar-refractivity contribution is 0.00567. The minimum absolute atomic E-state index is 0.120. The average molecular weight is 771 g/mol. The molecule has 54 heavy (non-hydrogen) atoms. The molecule has 1 unspecified atom stereocenters. The topological polar surface area (TPSA) is 94.3 Å². The summed E-state index contributed by atoms with van der Waals surface area (Å²) in [7, 11) is -2.56. The monoisotopic (exact) mass is 770 g/mol. The maximum absolute atomic E-state index is 13.4. The van der Waals surface area contributed by atoms with E-state index >= 15 is 0 Å². The van der Waals surface area contributed by atoms with Gasteiger partial charge < -0.3 is 24.0 Å². The first kappa shape index (κ1) is 40.1. The van der Waals surface area contributed by atoms with Gasteiger partial charge in [-0.1, -0.05) is 75.7 Å². The number of anilines is 1. The van der Waals surface area contributed by atoms with E-state index in [9.17, 15) is 4.79 Å². The van der Waals surface area contributed by atoms with Gasteiger partial charge in [-0.15, -0.1) is 0 Å². The van der Waals surface area contributed by atoms with Gasteiger partial charge in [-0.2, -0.15) is 9.61 Å². The Labute approximate surface area is 324 Å². The first-order valence-corrected chi connectivity index (χ1v) is 27.2. The molecule has 0 aliphatic carbocycles. The van der Waals surface area contributed by atoms with Gasteiger partial charge in [-0.05, 0) is 71.5 Å². The van der Waals surface area contributed by atoms with E-state index in [1.165, 1.54) is 0 Å². The molecule has 0 spiro atoms. The maximum atomic E-state index is 13.4. The number of aromatic nitrogens is 4. The van der Waals surface area contributed by atoms with Crippen LogP contribution in [0.25, 0.3) is 28.0 Å². The van der Waals surface area contributed by atoms with E-state index in [1.807, 2.05) is 60.8 Å². The fraction of sp³-hybridized carbons (Fsp3) is 0.571. The molecule has 5 heterocycles. The van der Waals surface area contributed by atoms with Crippen molar-refractivity contribution in [2.24, 2.45) is 0 Å². The molecule has 4 aromatic rings. The first-order chi connectivity index (χ1) is 25.5. The van der Waals surface area contributed by atoms with Crippen LogP contribution in [0, 0.1) is 6.92 Å². The van der Waals surface area contributed by atoms with E-state index < -0.39 is 21.7 Å². The predicted molar refractivity (Wildman–Crippen MR) is 224 cm³/mol. The third kappa shape index (κ3) is 9.79. The molecule has 10 nitrogen and oxygen atoms in total. The van der Waals surface area contributed by atoms with Crippen molar-refractivity contribution < 1.29 is 19.0 Å². The van der Waals surface area contributed by atoms with Crippen molar-refractivity contribution in [3.05, 3.63) is 66.1 Å². The highest BCUT2D eigenvalue weighted by Crippen LogP contribution is 2.45. The van der Waals surface area contributed by atoms with E-state index in [2.05, 4.69) is 75.4 Å². The van der Waals surface area contributed by atoms with Crippen molar-refractivity contribution in [2.45, 2.75) is 128 Å². The molecule has 0 radical (unpaired) electrons. The standard InChI is InChI=1S/C42H62N6O4Si2/c1-30-38(33-24-34-17-18-35(25-33)47(34)41(49)52-42(2,3)4)45-39-36(32-16-19-37(43-26-32)31-14-12-11-13-15-31)27-44-48(39)40(30)46(28-50-20-22-53(5,6)7)29-51-21-23-54(8,9)10/h11-16,19,26-27,33-35H,17-18,20-25,28-29H2,1-10H3/t33-,34-,35?/m0/s1. The number of piperidine rings is 1. The summed E-state index contributed by atoms with van der Waals surface area (Å²) in [6.45, 7) is 24.5. The Hall–Kier alpha value is -3.59. The van der Waals surface area contributed by atoms with Crippen LogP contribution in [0.1, 0.15) is 63.6 Å². The van der Waals surface area contributed by atoms with Gasteiger partial charge in [0.1, 0.15) is 24.9 Å². The predicted octanol–water partition coefficient (Wildman–Crippen LogP) is 9.84. The molecule has 292 valence electrons. The number of hydrogen-bond acceptors (Lipinski definition) is 8. The summed E-state index contributed by atoms with van der Waals surface area (Å²) in [6, 6.07) is 16.8. The molecule has 3 aromatic heterocycles. The van der Waals surface area contributed by atoms with Crippen LogP contribution in [0.2, 0.25) is 51.4 Å². The van der Waals surface area contributed by atoms with Crippen molar-refractivity contribution in [1.82, 2.24) is 24.5 Å². The highest BCUT2D eigenvalue weighted by atomic mass is 28.3. The van der Waals surface area contributed by atoms with Crippen molar-refractivity contribution in [1.29, 1.82) is 0 Å². The molecule has 2 fully saturated rings. The number of amides is 1. The Balaban J connectivity index is 1.40. The van der Waals surface area contributed by atoms with Crippen molar-refractivity contribution >= 4 is 33.7 Å². The zero-order valence-corrected chi connectivity index (χ0v) is 36.3. The Morgan fingerprint density at radius 1 is 0.852 bits per heavy atom. The molecule has 2 aliphatic heterocycles. The lowest BCUT2D eigenvalue weighted by atomic mass is 9.86. The van der Waals surface area contributed by atoms with Crippen molar-refractivity contribution in [2.75, 3.05) is 31.6 Å². The van der Waals surface area contributed by atoms with Crippen LogP contribution in [-0.2, 0) is 14.2 Å². The number of rotatable bonds is 14. The Kier molecular flexibility index (Phi) is 12.1. The number of benzene rings is 1. The molecule has 1 amide bonds. The summed E-state index contributed by atoms with van der Waals surface area (Å²) in [5, 5.41) is 5.01. The minimum Gasteiger partial charge on any atom is -0.444 e. The number of fused-ring (bicyclic) bond motifs is 3. The lowest BCUT2D eigenvalue weighted by Gasteiger charge is -2.40. The molecular weight excluding hydrogens is 709 g/mol. The van der Waals surface area contributed by atoms with Crippen LogP contribution < -0.4 is 4.90 Å². The molecule has 2 aliphatic rings. The maximum Gasteiger partial charge on any atom is 0.410 e. The molecule has 0 saturated carbocycles. The molecule has 2 bridgehead atoms. The second-order valence-electron chi connectivity index (χ2n) is 18.7. The second kappa shape index (κ2) is 16.3. The zero-order chi connectivity index (χ0) is 38.8. The first-order valence-electron chi connectivity index (χ1n) is 19.8. The summed E-state index contributed by atoms with van der Waals surface area (Å²) in [4.78, 5) is 28.0. The Bertz CT molecular complexity index is 1850. The SMILES string of the molecule is Cc1c([C@@H]2CC3CC[C@@H](C2)N3C(=O)OC(C)(C)C)nc2c(-c3ccc(-c4ccccc4)nc3)cnn2c1N(COCC[Si](C)(C)C)COCC[Si](C)(C)C. The minimum atomic E-state index is -1.28. The highest BCUT2D eigenvalue weighted by molar-refractivity contribution is 6.76. The zero-order valence-electron chi connectivity index (χ0n) is 34.3. The molecule has 2 saturated heterocycles. The summed E-state index contributed by atoms with van der Waals surface area (Å²) in [6.07, 6.45) is 7.29. The van der Waals surface area contributed by atoms with Crippen molar-refractivity contribution in [3.63, 3.8) is 0 Å². The van der Waals surface area contributed by atoms with Crippen LogP contribution in [0.3, 0.4) is 0 Å². The van der Waals surface area contributed by atoms with Gasteiger partial charge in [0.15, 0.2) is 5.65 Å². The van der Waals surface area contributed by atoms with Gasteiger partial charge in [0.25, 0.3) is 0 Å². The largest absolute Gasteiger partial charge is 0.444 e. The van der Waals surface area contributed by atoms with E-state index in [0.717, 1.165) is 82.9 Å². The quantitative estimate of drug-likeness (QED) is 0.0711. The number of pyridine rings is 1. The molecule has 6 rings (SSSR count). The fourth-order valence-electron chi connectivity index (χ4n) is 7.66. The number of hydrogen-bond donors (Lipinski definition) is 0. The second-order valence-corrected chi connectivity index (χ2v) is 30.0. The van der Waals surface area contributed by atoms with E-state index in [1.54, 1.807) is 0 Å². The number of carbonyl (C=O) groups is 1. The molecular formula is C42H62N6O4Si2. The fourth-order valence-corrected chi connectivity index (χ4v) is 9.17. The third-order valence-corrected chi connectivity index (χ3v) is 14.0. The Morgan fingerprint density at radius 2 is 1.46 bits per heavy atom. The van der Waals surface area contributed by atoms with Crippen LogP contribution in [0.5, 0.6) is 0 Å². The summed E-state index contributed by atoms with van der Waals surface area (Å²) < 4.78 is 20.7. The van der Waals surface area contributed by atoms with E-state index in [0.29, 0.717) is 26.7 Å². The van der Waals surface area contributed by atoms with E-state index in [4.69, 9.17) is 29.3 Å². The summed E-state index contributed by atoms with van der Waals surface area (Å²) in [5.41, 5.74) is 6.28. The van der Waals surface area contributed by atoms with Gasteiger partial charge in [0.2, 0.25) is 0 Å². The van der Waals surface area contributed by atoms with Crippen LogP contribution in [0.4, 0.5) is 10.6 Å². The molecule has 12 heteroatoms. The molecule has 0 N–H and O–H groups in total. The normalized spacial score (nSPS) is 19.1.